The van der Waals surface area contributed by atoms with Crippen LogP contribution in [0.5, 0.6) is 0 Å². The van der Waals surface area contributed by atoms with Gasteiger partial charge >= 0.3 is 6.18 Å². The van der Waals surface area contributed by atoms with Crippen molar-refractivity contribution >= 4 is 5.91 Å². The van der Waals surface area contributed by atoms with Crippen molar-refractivity contribution in [3.05, 3.63) is 47.2 Å². The fourth-order valence-corrected chi connectivity index (χ4v) is 3.53. The molecule has 2 aromatic rings. The second kappa shape index (κ2) is 8.17. The van der Waals surface area contributed by atoms with Crippen molar-refractivity contribution in [3.63, 3.8) is 0 Å². The lowest BCUT2D eigenvalue weighted by Crippen LogP contribution is -2.18. The third-order valence-corrected chi connectivity index (χ3v) is 4.47. The van der Waals surface area contributed by atoms with Crippen LogP contribution in [-0.2, 0) is 17.6 Å². The number of nitrogens with two attached hydrogens (primary N) is 1. The zero-order chi connectivity index (χ0) is 20.4. The van der Waals surface area contributed by atoms with E-state index >= 15 is 0 Å². The first kappa shape index (κ1) is 21.0. The standard InChI is InChI=1S/C20H25F3N2O2/c1-12(2)9-13(3)14-7-5-6-8-15(14)18-17(19(24)26)16(20(21,22)23)10-25(18)11-27-4/h5-8,10,12-13H,9,11H2,1-4H3,(H2,24,26). The second-order valence-electron chi connectivity index (χ2n) is 7.13. The molecule has 27 heavy (non-hydrogen) atoms. The summed E-state index contributed by atoms with van der Waals surface area (Å²) in [6, 6.07) is 7.18. The Morgan fingerprint density at radius 2 is 1.85 bits per heavy atom. The Hall–Kier alpha value is -2.28. The van der Waals surface area contributed by atoms with E-state index in [0.29, 0.717) is 11.5 Å². The number of carbonyl (C=O) groups is 1. The molecule has 1 heterocycles. The molecule has 2 N–H and O–H groups in total. The van der Waals surface area contributed by atoms with Gasteiger partial charge in [0, 0.05) is 18.9 Å². The number of aromatic nitrogens is 1. The van der Waals surface area contributed by atoms with Gasteiger partial charge in [-0.3, -0.25) is 4.79 Å². The van der Waals surface area contributed by atoms with Crippen molar-refractivity contribution in [2.24, 2.45) is 11.7 Å². The molecule has 1 atom stereocenters. The van der Waals surface area contributed by atoms with Gasteiger partial charge in [-0.05, 0) is 23.8 Å². The molecule has 1 unspecified atom stereocenters. The van der Waals surface area contributed by atoms with Crippen LogP contribution in [0.3, 0.4) is 0 Å². The van der Waals surface area contributed by atoms with E-state index in [1.807, 2.05) is 19.1 Å². The van der Waals surface area contributed by atoms with Crippen LogP contribution in [0.2, 0.25) is 0 Å². The van der Waals surface area contributed by atoms with Gasteiger partial charge in [0.05, 0.1) is 16.8 Å². The Morgan fingerprint density at radius 1 is 1.22 bits per heavy atom. The topological polar surface area (TPSA) is 57.2 Å². The molecule has 1 amide bonds. The van der Waals surface area contributed by atoms with E-state index in [-0.39, 0.29) is 18.3 Å². The number of hydrogen-bond acceptors (Lipinski definition) is 2. The van der Waals surface area contributed by atoms with E-state index in [1.165, 1.54) is 11.7 Å². The Balaban J connectivity index is 2.78. The van der Waals surface area contributed by atoms with Crippen molar-refractivity contribution in [2.75, 3.05) is 7.11 Å². The minimum absolute atomic E-state index is 0.0992. The first-order valence-electron chi connectivity index (χ1n) is 8.76. The molecule has 0 spiro atoms. The summed E-state index contributed by atoms with van der Waals surface area (Å²) in [7, 11) is 1.38. The van der Waals surface area contributed by atoms with Gasteiger partial charge in [0.2, 0.25) is 0 Å². The number of primary amides is 1. The summed E-state index contributed by atoms with van der Waals surface area (Å²) >= 11 is 0. The highest BCUT2D eigenvalue weighted by molar-refractivity contribution is 6.01. The highest BCUT2D eigenvalue weighted by Crippen LogP contribution is 2.41. The SMILES string of the molecule is COCn1cc(C(F)(F)F)c(C(N)=O)c1-c1ccccc1C(C)CC(C)C. The van der Waals surface area contributed by atoms with Crippen LogP contribution in [0.15, 0.2) is 30.5 Å². The van der Waals surface area contributed by atoms with Gasteiger partial charge in [0.1, 0.15) is 6.73 Å². The minimum atomic E-state index is -4.70. The van der Waals surface area contributed by atoms with E-state index in [4.69, 9.17) is 10.5 Å². The average molecular weight is 382 g/mol. The fraction of sp³-hybridized carbons (Fsp3) is 0.450. The molecule has 0 fully saturated rings. The second-order valence-corrected chi connectivity index (χ2v) is 7.13. The Kier molecular flexibility index (Phi) is 6.36. The first-order chi connectivity index (χ1) is 12.6. The monoisotopic (exact) mass is 382 g/mol. The number of nitrogens with zero attached hydrogens (tertiary/aromatic N) is 1. The predicted molar refractivity (Wildman–Crippen MR) is 98.3 cm³/mol. The van der Waals surface area contributed by atoms with Gasteiger partial charge < -0.3 is 15.0 Å². The normalized spacial score (nSPS) is 13.2. The molecule has 0 saturated carbocycles. The molecule has 0 aliphatic heterocycles. The zero-order valence-electron chi connectivity index (χ0n) is 15.9. The Morgan fingerprint density at radius 3 is 2.37 bits per heavy atom. The Labute approximate surface area is 157 Å². The molecule has 1 aromatic heterocycles. The lowest BCUT2D eigenvalue weighted by molar-refractivity contribution is -0.137. The number of ether oxygens (including phenoxy) is 1. The van der Waals surface area contributed by atoms with Crippen molar-refractivity contribution in [3.8, 4) is 11.3 Å². The number of alkyl halides is 3. The van der Waals surface area contributed by atoms with Crippen molar-refractivity contribution in [1.82, 2.24) is 4.57 Å². The number of halogens is 3. The average Bonchev–Trinajstić information content (AvgIpc) is 2.94. The summed E-state index contributed by atoms with van der Waals surface area (Å²) in [5, 5.41) is 0. The zero-order valence-corrected chi connectivity index (χ0v) is 15.9. The number of methoxy groups -OCH3 is 1. The van der Waals surface area contributed by atoms with Crippen LogP contribution < -0.4 is 5.73 Å². The molecule has 0 saturated heterocycles. The van der Waals surface area contributed by atoms with E-state index in [0.717, 1.165) is 18.2 Å². The number of carbonyl (C=O) groups excluding carboxylic acids is 1. The fourth-order valence-electron chi connectivity index (χ4n) is 3.53. The van der Waals surface area contributed by atoms with Crippen molar-refractivity contribution < 1.29 is 22.7 Å². The minimum Gasteiger partial charge on any atom is -0.366 e. The van der Waals surface area contributed by atoms with Gasteiger partial charge in [0.25, 0.3) is 5.91 Å². The lowest BCUT2D eigenvalue weighted by atomic mass is 9.87. The summed E-state index contributed by atoms with van der Waals surface area (Å²) in [4.78, 5) is 12.0. The van der Waals surface area contributed by atoms with Gasteiger partial charge in [-0.15, -0.1) is 0 Å². The van der Waals surface area contributed by atoms with Gasteiger partial charge in [0.15, 0.2) is 0 Å². The predicted octanol–water partition coefficient (Wildman–Crippen LogP) is 5.03. The van der Waals surface area contributed by atoms with Crippen LogP contribution >= 0.6 is 0 Å². The third-order valence-electron chi connectivity index (χ3n) is 4.47. The van der Waals surface area contributed by atoms with E-state index in [2.05, 4.69) is 13.8 Å². The van der Waals surface area contributed by atoms with Crippen molar-refractivity contribution in [2.45, 2.75) is 46.0 Å². The van der Waals surface area contributed by atoms with Crippen LogP contribution in [0.4, 0.5) is 13.2 Å². The Bertz CT molecular complexity index is 810. The van der Waals surface area contributed by atoms with E-state index < -0.39 is 23.2 Å². The maximum atomic E-state index is 13.5. The number of amides is 1. The maximum absolute atomic E-state index is 13.5. The molecule has 4 nitrogen and oxygen atoms in total. The summed E-state index contributed by atoms with van der Waals surface area (Å²) < 4.78 is 46.9. The molecule has 148 valence electrons. The third kappa shape index (κ3) is 4.53. The molecule has 0 radical (unpaired) electrons. The number of hydrogen-bond donors (Lipinski definition) is 1. The quantitative estimate of drug-likeness (QED) is 0.730. The smallest absolute Gasteiger partial charge is 0.366 e. The molecule has 0 aliphatic carbocycles. The molecule has 7 heteroatoms. The summed E-state index contributed by atoms with van der Waals surface area (Å²) in [5.41, 5.74) is 5.38. The van der Waals surface area contributed by atoms with Crippen LogP contribution in [-0.4, -0.2) is 17.6 Å². The van der Waals surface area contributed by atoms with Gasteiger partial charge in [-0.1, -0.05) is 45.0 Å². The number of benzene rings is 1. The van der Waals surface area contributed by atoms with Gasteiger partial charge in [-0.2, -0.15) is 13.2 Å². The highest BCUT2D eigenvalue weighted by atomic mass is 19.4. The molecular formula is C20H25F3N2O2. The van der Waals surface area contributed by atoms with Crippen LogP contribution in [0.25, 0.3) is 11.3 Å². The van der Waals surface area contributed by atoms with Crippen molar-refractivity contribution in [1.29, 1.82) is 0 Å². The largest absolute Gasteiger partial charge is 0.418 e. The van der Waals surface area contributed by atoms with Crippen LogP contribution in [0.1, 0.15) is 54.6 Å². The van der Waals surface area contributed by atoms with Crippen LogP contribution in [0, 0.1) is 5.92 Å². The molecule has 0 aliphatic rings. The van der Waals surface area contributed by atoms with E-state index in [9.17, 15) is 18.0 Å². The first-order valence-corrected chi connectivity index (χ1v) is 8.76. The van der Waals surface area contributed by atoms with Gasteiger partial charge in [-0.25, -0.2) is 0 Å². The summed E-state index contributed by atoms with van der Waals surface area (Å²) in [5.74, 6) is -0.596. The summed E-state index contributed by atoms with van der Waals surface area (Å²) in [6.45, 7) is 6.07. The maximum Gasteiger partial charge on any atom is 0.418 e. The molecule has 2 rings (SSSR count). The van der Waals surface area contributed by atoms with E-state index in [1.54, 1.807) is 12.1 Å². The lowest BCUT2D eigenvalue weighted by Gasteiger charge is -2.20. The molecule has 0 bridgehead atoms. The summed E-state index contributed by atoms with van der Waals surface area (Å²) in [6.07, 6.45) is -2.94. The molecular weight excluding hydrogens is 357 g/mol. The number of rotatable bonds is 7. The molecule has 1 aromatic carbocycles. The highest BCUT2D eigenvalue weighted by Gasteiger charge is 2.39.